The number of aliphatic hydroxyl groups excluding tert-OH is 1. The topological polar surface area (TPSA) is 57.5 Å². The van der Waals surface area contributed by atoms with Crippen LogP contribution in [0, 0.1) is 5.41 Å². The van der Waals surface area contributed by atoms with Gasteiger partial charge in [-0.15, -0.1) is 0 Å². The SMILES string of the molecule is O=C(O)CC1(CC(O)c2ccccc2)CCCC1. The molecule has 2 rings (SSSR count). The molecule has 1 atom stereocenters. The van der Waals surface area contributed by atoms with Gasteiger partial charge < -0.3 is 10.2 Å². The number of aliphatic hydroxyl groups is 1. The van der Waals surface area contributed by atoms with Gasteiger partial charge in [-0.1, -0.05) is 43.2 Å². The van der Waals surface area contributed by atoms with E-state index < -0.39 is 12.1 Å². The lowest BCUT2D eigenvalue weighted by Crippen LogP contribution is -2.23. The van der Waals surface area contributed by atoms with E-state index >= 15 is 0 Å². The summed E-state index contributed by atoms with van der Waals surface area (Å²) in [5.41, 5.74) is 0.676. The monoisotopic (exact) mass is 248 g/mol. The first kappa shape index (κ1) is 13.1. The van der Waals surface area contributed by atoms with Crippen LogP contribution in [0.15, 0.2) is 30.3 Å². The fraction of sp³-hybridized carbons (Fsp3) is 0.533. The zero-order valence-corrected chi connectivity index (χ0v) is 10.5. The van der Waals surface area contributed by atoms with Crippen LogP contribution in [-0.4, -0.2) is 16.2 Å². The van der Waals surface area contributed by atoms with Crippen LogP contribution in [0.1, 0.15) is 50.2 Å². The minimum Gasteiger partial charge on any atom is -0.481 e. The van der Waals surface area contributed by atoms with E-state index in [0.717, 1.165) is 31.2 Å². The summed E-state index contributed by atoms with van der Waals surface area (Å²) in [6.07, 6.45) is 4.18. The average Bonchev–Trinajstić information content (AvgIpc) is 2.77. The van der Waals surface area contributed by atoms with Crippen molar-refractivity contribution >= 4 is 5.97 Å². The maximum Gasteiger partial charge on any atom is 0.303 e. The van der Waals surface area contributed by atoms with E-state index in [2.05, 4.69) is 0 Å². The lowest BCUT2D eigenvalue weighted by molar-refractivity contribution is -0.140. The summed E-state index contributed by atoms with van der Waals surface area (Å²) in [7, 11) is 0. The number of carboxylic acids is 1. The molecule has 0 radical (unpaired) electrons. The molecule has 0 bridgehead atoms. The summed E-state index contributed by atoms with van der Waals surface area (Å²) in [6.45, 7) is 0. The van der Waals surface area contributed by atoms with Crippen LogP contribution >= 0.6 is 0 Å². The van der Waals surface area contributed by atoms with Crippen LogP contribution in [0.5, 0.6) is 0 Å². The molecular weight excluding hydrogens is 228 g/mol. The highest BCUT2D eigenvalue weighted by molar-refractivity contribution is 5.67. The van der Waals surface area contributed by atoms with Gasteiger partial charge in [0.1, 0.15) is 0 Å². The Bertz CT molecular complexity index is 393. The van der Waals surface area contributed by atoms with Crippen molar-refractivity contribution in [3.8, 4) is 0 Å². The van der Waals surface area contributed by atoms with Gasteiger partial charge in [0.2, 0.25) is 0 Å². The number of hydrogen-bond acceptors (Lipinski definition) is 2. The number of carboxylic acid groups (broad SMARTS) is 1. The summed E-state index contributed by atoms with van der Waals surface area (Å²) >= 11 is 0. The van der Waals surface area contributed by atoms with Crippen molar-refractivity contribution in [2.75, 3.05) is 0 Å². The Hall–Kier alpha value is -1.35. The first-order chi connectivity index (χ1) is 8.61. The fourth-order valence-electron chi connectivity index (χ4n) is 3.10. The molecule has 1 aromatic rings. The second-order valence-corrected chi connectivity index (χ2v) is 5.41. The predicted octanol–water partition coefficient (Wildman–Crippen LogP) is 3.15. The molecule has 3 nitrogen and oxygen atoms in total. The highest BCUT2D eigenvalue weighted by atomic mass is 16.4. The Labute approximate surface area is 107 Å². The molecule has 2 N–H and O–H groups in total. The van der Waals surface area contributed by atoms with E-state index in [4.69, 9.17) is 5.11 Å². The molecule has 0 saturated heterocycles. The number of aliphatic carboxylic acids is 1. The van der Waals surface area contributed by atoms with E-state index in [1.807, 2.05) is 30.3 Å². The van der Waals surface area contributed by atoms with Crippen LogP contribution < -0.4 is 0 Å². The molecule has 0 heterocycles. The van der Waals surface area contributed by atoms with Crippen molar-refractivity contribution < 1.29 is 15.0 Å². The van der Waals surface area contributed by atoms with Gasteiger partial charge in [0.15, 0.2) is 0 Å². The summed E-state index contributed by atoms with van der Waals surface area (Å²) in [5, 5.41) is 19.3. The minimum absolute atomic E-state index is 0.177. The van der Waals surface area contributed by atoms with Crippen molar-refractivity contribution in [2.45, 2.75) is 44.6 Å². The largest absolute Gasteiger partial charge is 0.481 e. The lowest BCUT2D eigenvalue weighted by atomic mass is 9.76. The zero-order chi connectivity index (χ0) is 13.0. The number of benzene rings is 1. The third kappa shape index (κ3) is 3.10. The summed E-state index contributed by atoms with van der Waals surface area (Å²) in [6, 6.07) is 9.51. The Morgan fingerprint density at radius 3 is 2.39 bits per heavy atom. The maximum atomic E-state index is 11.0. The number of hydrogen-bond donors (Lipinski definition) is 2. The quantitative estimate of drug-likeness (QED) is 0.841. The Balaban J connectivity index is 2.07. The van der Waals surface area contributed by atoms with Gasteiger partial charge in [-0.05, 0) is 30.2 Å². The van der Waals surface area contributed by atoms with Crippen molar-refractivity contribution in [1.29, 1.82) is 0 Å². The molecule has 1 fully saturated rings. The second-order valence-electron chi connectivity index (χ2n) is 5.41. The van der Waals surface area contributed by atoms with Gasteiger partial charge in [0.05, 0.1) is 12.5 Å². The molecule has 1 aliphatic rings. The van der Waals surface area contributed by atoms with E-state index in [1.54, 1.807) is 0 Å². The van der Waals surface area contributed by atoms with Gasteiger partial charge in [0, 0.05) is 0 Å². The highest BCUT2D eigenvalue weighted by Crippen LogP contribution is 2.47. The normalized spacial score (nSPS) is 19.6. The number of rotatable bonds is 5. The Morgan fingerprint density at radius 2 is 1.83 bits per heavy atom. The molecule has 1 saturated carbocycles. The van der Waals surface area contributed by atoms with E-state index in [9.17, 15) is 9.90 Å². The summed E-state index contributed by atoms with van der Waals surface area (Å²) in [5.74, 6) is -0.753. The van der Waals surface area contributed by atoms with Gasteiger partial charge in [-0.3, -0.25) is 4.79 Å². The van der Waals surface area contributed by atoms with Crippen molar-refractivity contribution in [3.05, 3.63) is 35.9 Å². The first-order valence-electron chi connectivity index (χ1n) is 6.56. The average molecular weight is 248 g/mol. The second kappa shape index (κ2) is 5.53. The van der Waals surface area contributed by atoms with Gasteiger partial charge in [-0.25, -0.2) is 0 Å². The predicted molar refractivity (Wildman–Crippen MR) is 69.2 cm³/mol. The molecule has 0 aromatic heterocycles. The van der Waals surface area contributed by atoms with Crippen molar-refractivity contribution in [2.24, 2.45) is 5.41 Å². The number of carbonyl (C=O) groups is 1. The van der Waals surface area contributed by atoms with Crippen molar-refractivity contribution in [1.82, 2.24) is 0 Å². The molecule has 98 valence electrons. The molecule has 0 amide bonds. The molecule has 3 heteroatoms. The lowest BCUT2D eigenvalue weighted by Gasteiger charge is -2.29. The Kier molecular flexibility index (Phi) is 4.02. The van der Waals surface area contributed by atoms with Crippen LogP contribution in [0.4, 0.5) is 0 Å². The van der Waals surface area contributed by atoms with Crippen LogP contribution in [0.25, 0.3) is 0 Å². The smallest absolute Gasteiger partial charge is 0.303 e. The zero-order valence-electron chi connectivity index (χ0n) is 10.5. The van der Waals surface area contributed by atoms with Gasteiger partial charge in [-0.2, -0.15) is 0 Å². The molecule has 1 aromatic carbocycles. The van der Waals surface area contributed by atoms with Crippen molar-refractivity contribution in [3.63, 3.8) is 0 Å². The molecule has 0 aliphatic heterocycles. The fourth-order valence-corrected chi connectivity index (χ4v) is 3.10. The molecule has 0 spiro atoms. The molecule has 1 unspecified atom stereocenters. The van der Waals surface area contributed by atoms with Crippen LogP contribution in [-0.2, 0) is 4.79 Å². The van der Waals surface area contributed by atoms with Crippen LogP contribution in [0.3, 0.4) is 0 Å². The third-order valence-corrected chi connectivity index (χ3v) is 4.00. The van der Waals surface area contributed by atoms with Gasteiger partial charge >= 0.3 is 5.97 Å². The van der Waals surface area contributed by atoms with Crippen LogP contribution in [0.2, 0.25) is 0 Å². The van der Waals surface area contributed by atoms with Gasteiger partial charge in [0.25, 0.3) is 0 Å². The summed E-state index contributed by atoms with van der Waals surface area (Å²) in [4.78, 5) is 11.0. The summed E-state index contributed by atoms with van der Waals surface area (Å²) < 4.78 is 0. The standard InChI is InChI=1S/C15H20O3/c16-13(12-6-2-1-3-7-12)10-15(11-14(17)18)8-4-5-9-15/h1-3,6-7,13,16H,4-5,8-11H2,(H,17,18). The Morgan fingerprint density at radius 1 is 1.22 bits per heavy atom. The van der Waals surface area contributed by atoms with E-state index in [-0.39, 0.29) is 11.8 Å². The molecular formula is C15H20O3. The first-order valence-corrected chi connectivity index (χ1v) is 6.56. The van der Waals surface area contributed by atoms with E-state index in [0.29, 0.717) is 6.42 Å². The van der Waals surface area contributed by atoms with E-state index in [1.165, 1.54) is 0 Å². The molecule has 18 heavy (non-hydrogen) atoms. The minimum atomic E-state index is -0.753. The highest BCUT2D eigenvalue weighted by Gasteiger charge is 2.37. The third-order valence-electron chi connectivity index (χ3n) is 4.00. The molecule has 1 aliphatic carbocycles. The maximum absolute atomic E-state index is 11.0.